The average Bonchev–Trinajstić information content (AvgIpc) is 2.48. The Bertz CT molecular complexity index is 608. The van der Waals surface area contributed by atoms with Crippen molar-refractivity contribution in [3.05, 3.63) is 63.7 Å². The van der Waals surface area contributed by atoms with Gasteiger partial charge in [0.05, 0.1) is 4.92 Å². The van der Waals surface area contributed by atoms with Crippen molar-refractivity contribution in [2.24, 2.45) is 0 Å². The van der Waals surface area contributed by atoms with Gasteiger partial charge in [0.25, 0.3) is 5.69 Å². The molecule has 0 bridgehead atoms. The van der Waals surface area contributed by atoms with Crippen LogP contribution in [0.15, 0.2) is 52.3 Å². The first-order chi connectivity index (χ1) is 9.63. The van der Waals surface area contributed by atoms with Gasteiger partial charge in [-0.15, -0.1) is 0 Å². The van der Waals surface area contributed by atoms with Crippen LogP contribution in [0.3, 0.4) is 0 Å². The van der Waals surface area contributed by atoms with E-state index in [4.69, 9.17) is 0 Å². The Labute approximate surface area is 123 Å². The lowest BCUT2D eigenvalue weighted by Gasteiger charge is -2.09. The SMILES string of the molecule is CCc1ccc(Sc2ccc([N+](=O)[O-])cc2)c(CC)c1. The molecule has 0 aliphatic heterocycles. The van der Waals surface area contributed by atoms with E-state index < -0.39 is 0 Å². The number of non-ortho nitro benzene ring substituents is 1. The molecule has 0 aromatic heterocycles. The third-order valence-corrected chi connectivity index (χ3v) is 4.32. The van der Waals surface area contributed by atoms with Gasteiger partial charge in [0, 0.05) is 21.9 Å². The summed E-state index contributed by atoms with van der Waals surface area (Å²) in [6.07, 6.45) is 2.03. The van der Waals surface area contributed by atoms with Crippen molar-refractivity contribution < 1.29 is 4.92 Å². The molecule has 0 spiro atoms. The fourth-order valence-electron chi connectivity index (χ4n) is 1.99. The summed E-state index contributed by atoms with van der Waals surface area (Å²) in [7, 11) is 0. The highest BCUT2D eigenvalue weighted by molar-refractivity contribution is 7.99. The third kappa shape index (κ3) is 3.39. The second kappa shape index (κ2) is 6.57. The minimum absolute atomic E-state index is 0.131. The molecule has 0 saturated heterocycles. The molecule has 0 aliphatic rings. The third-order valence-electron chi connectivity index (χ3n) is 3.19. The Hall–Kier alpha value is -1.81. The van der Waals surface area contributed by atoms with Crippen LogP contribution in [0.5, 0.6) is 0 Å². The van der Waals surface area contributed by atoms with Gasteiger partial charge in [-0.2, -0.15) is 0 Å². The Morgan fingerprint density at radius 1 is 1.05 bits per heavy atom. The molecule has 0 heterocycles. The van der Waals surface area contributed by atoms with Crippen molar-refractivity contribution in [3.8, 4) is 0 Å². The van der Waals surface area contributed by atoms with Gasteiger partial charge in [-0.25, -0.2) is 0 Å². The molecular formula is C16H17NO2S. The number of hydrogen-bond acceptors (Lipinski definition) is 3. The van der Waals surface area contributed by atoms with Crippen molar-refractivity contribution in [2.45, 2.75) is 36.5 Å². The van der Waals surface area contributed by atoms with Crippen LogP contribution in [0.1, 0.15) is 25.0 Å². The summed E-state index contributed by atoms with van der Waals surface area (Å²) < 4.78 is 0. The van der Waals surface area contributed by atoms with Crippen LogP contribution in [0, 0.1) is 10.1 Å². The van der Waals surface area contributed by atoms with Gasteiger partial charge in [-0.3, -0.25) is 10.1 Å². The van der Waals surface area contributed by atoms with Gasteiger partial charge >= 0.3 is 0 Å². The molecule has 3 nitrogen and oxygen atoms in total. The molecule has 4 heteroatoms. The molecule has 0 N–H and O–H groups in total. The molecule has 20 heavy (non-hydrogen) atoms. The van der Waals surface area contributed by atoms with E-state index in [1.807, 2.05) is 0 Å². The summed E-state index contributed by atoms with van der Waals surface area (Å²) in [5.41, 5.74) is 2.80. The zero-order valence-corrected chi connectivity index (χ0v) is 12.4. The molecule has 2 aromatic rings. The number of rotatable bonds is 5. The summed E-state index contributed by atoms with van der Waals surface area (Å²) >= 11 is 1.66. The number of nitro groups is 1. The van der Waals surface area contributed by atoms with Crippen LogP contribution in [0.2, 0.25) is 0 Å². The predicted octanol–water partition coefficient (Wildman–Crippen LogP) is 4.87. The molecular weight excluding hydrogens is 270 g/mol. The number of nitrogens with zero attached hydrogens (tertiary/aromatic N) is 1. The van der Waals surface area contributed by atoms with E-state index in [2.05, 4.69) is 32.0 Å². The Morgan fingerprint density at radius 2 is 1.75 bits per heavy atom. The first-order valence-electron chi connectivity index (χ1n) is 6.68. The van der Waals surface area contributed by atoms with Crippen LogP contribution in [0.4, 0.5) is 5.69 Å². The fourth-order valence-corrected chi connectivity index (χ4v) is 2.99. The lowest BCUT2D eigenvalue weighted by atomic mass is 10.1. The minimum atomic E-state index is -0.373. The Kier molecular flexibility index (Phi) is 4.79. The number of hydrogen-bond donors (Lipinski definition) is 0. The van der Waals surface area contributed by atoms with Crippen LogP contribution in [-0.4, -0.2) is 4.92 Å². The first kappa shape index (κ1) is 14.6. The van der Waals surface area contributed by atoms with E-state index in [9.17, 15) is 10.1 Å². The molecule has 104 valence electrons. The maximum Gasteiger partial charge on any atom is 0.269 e. The first-order valence-corrected chi connectivity index (χ1v) is 7.49. The van der Waals surface area contributed by atoms with E-state index >= 15 is 0 Å². The van der Waals surface area contributed by atoms with Crippen LogP contribution >= 0.6 is 11.8 Å². The predicted molar refractivity (Wildman–Crippen MR) is 82.4 cm³/mol. The maximum atomic E-state index is 10.6. The second-order valence-electron chi connectivity index (χ2n) is 4.50. The summed E-state index contributed by atoms with van der Waals surface area (Å²) in [5, 5.41) is 10.6. The highest BCUT2D eigenvalue weighted by Crippen LogP contribution is 2.32. The Balaban J connectivity index is 2.23. The maximum absolute atomic E-state index is 10.6. The zero-order chi connectivity index (χ0) is 14.5. The van der Waals surface area contributed by atoms with Crippen LogP contribution in [-0.2, 0) is 12.8 Å². The van der Waals surface area contributed by atoms with Crippen molar-refractivity contribution in [1.82, 2.24) is 0 Å². The van der Waals surface area contributed by atoms with Gasteiger partial charge in [-0.1, -0.05) is 37.7 Å². The lowest BCUT2D eigenvalue weighted by Crippen LogP contribution is -1.90. The summed E-state index contributed by atoms with van der Waals surface area (Å²) in [5.74, 6) is 0. The van der Waals surface area contributed by atoms with E-state index in [0.717, 1.165) is 17.7 Å². The summed E-state index contributed by atoms with van der Waals surface area (Å²) in [6.45, 7) is 4.30. The van der Waals surface area contributed by atoms with Crippen molar-refractivity contribution >= 4 is 17.4 Å². The van der Waals surface area contributed by atoms with E-state index in [-0.39, 0.29) is 10.6 Å². The number of benzene rings is 2. The molecule has 0 atom stereocenters. The van der Waals surface area contributed by atoms with Gasteiger partial charge in [0.2, 0.25) is 0 Å². The molecule has 0 unspecified atom stereocenters. The van der Waals surface area contributed by atoms with Gasteiger partial charge in [0.15, 0.2) is 0 Å². The van der Waals surface area contributed by atoms with E-state index in [1.54, 1.807) is 36.0 Å². The standard InChI is InChI=1S/C16H17NO2S/c1-3-12-5-10-16(13(4-2)11-12)20-15-8-6-14(7-9-15)17(18)19/h5-11H,3-4H2,1-2H3. The highest BCUT2D eigenvalue weighted by Gasteiger charge is 2.07. The number of aryl methyl sites for hydroxylation is 2. The normalized spacial score (nSPS) is 10.5. The topological polar surface area (TPSA) is 43.1 Å². The molecule has 0 aliphatic carbocycles. The van der Waals surface area contributed by atoms with Gasteiger partial charge in [0.1, 0.15) is 0 Å². The molecule has 2 aromatic carbocycles. The van der Waals surface area contributed by atoms with Gasteiger partial charge in [-0.05, 0) is 42.2 Å². The van der Waals surface area contributed by atoms with Gasteiger partial charge < -0.3 is 0 Å². The molecule has 0 radical (unpaired) electrons. The van der Waals surface area contributed by atoms with Crippen LogP contribution < -0.4 is 0 Å². The van der Waals surface area contributed by atoms with E-state index in [0.29, 0.717) is 0 Å². The molecule has 0 amide bonds. The van der Waals surface area contributed by atoms with Crippen molar-refractivity contribution in [1.29, 1.82) is 0 Å². The Morgan fingerprint density at radius 3 is 2.30 bits per heavy atom. The van der Waals surface area contributed by atoms with Crippen LogP contribution in [0.25, 0.3) is 0 Å². The average molecular weight is 287 g/mol. The highest BCUT2D eigenvalue weighted by atomic mass is 32.2. The second-order valence-corrected chi connectivity index (χ2v) is 5.62. The fraction of sp³-hybridized carbons (Fsp3) is 0.250. The minimum Gasteiger partial charge on any atom is -0.258 e. The molecule has 0 saturated carbocycles. The summed E-state index contributed by atoms with van der Waals surface area (Å²) in [6, 6.07) is 13.2. The summed E-state index contributed by atoms with van der Waals surface area (Å²) in [4.78, 5) is 12.5. The van der Waals surface area contributed by atoms with Crippen molar-refractivity contribution in [2.75, 3.05) is 0 Å². The lowest BCUT2D eigenvalue weighted by molar-refractivity contribution is -0.384. The number of nitro benzene ring substituents is 1. The molecule has 0 fully saturated rings. The smallest absolute Gasteiger partial charge is 0.258 e. The zero-order valence-electron chi connectivity index (χ0n) is 11.6. The largest absolute Gasteiger partial charge is 0.269 e. The monoisotopic (exact) mass is 287 g/mol. The van der Waals surface area contributed by atoms with E-state index in [1.165, 1.54) is 16.0 Å². The molecule has 2 rings (SSSR count). The quantitative estimate of drug-likeness (QED) is 0.582. The van der Waals surface area contributed by atoms with Crippen molar-refractivity contribution in [3.63, 3.8) is 0 Å².